The standard InChI is InChI=1S/C13H16F3NO/c14-13(15,16)18-11-5-3-10(4-6-11)12(9-17)7-1-2-8-12/h3-6H,1-2,7-9,17H2. The molecule has 0 aliphatic heterocycles. The highest BCUT2D eigenvalue weighted by Crippen LogP contribution is 2.40. The van der Waals surface area contributed by atoms with Crippen molar-refractivity contribution in [2.24, 2.45) is 5.73 Å². The Hall–Kier alpha value is -1.23. The third-order valence-corrected chi connectivity index (χ3v) is 3.65. The molecule has 0 heterocycles. The second-order valence-corrected chi connectivity index (χ2v) is 4.76. The fraction of sp³-hybridized carbons (Fsp3) is 0.538. The van der Waals surface area contributed by atoms with Crippen molar-refractivity contribution in [1.82, 2.24) is 0 Å². The van der Waals surface area contributed by atoms with E-state index in [4.69, 9.17) is 5.73 Å². The molecule has 18 heavy (non-hydrogen) atoms. The maximum absolute atomic E-state index is 12.0. The van der Waals surface area contributed by atoms with E-state index in [0.29, 0.717) is 6.54 Å². The van der Waals surface area contributed by atoms with Crippen molar-refractivity contribution in [2.45, 2.75) is 37.5 Å². The van der Waals surface area contributed by atoms with Crippen LogP contribution in [0.2, 0.25) is 0 Å². The number of hydrogen-bond acceptors (Lipinski definition) is 2. The van der Waals surface area contributed by atoms with Crippen LogP contribution >= 0.6 is 0 Å². The van der Waals surface area contributed by atoms with E-state index in [1.54, 1.807) is 12.1 Å². The summed E-state index contributed by atoms with van der Waals surface area (Å²) in [6.45, 7) is 0.534. The number of rotatable bonds is 3. The Morgan fingerprint density at radius 1 is 1.11 bits per heavy atom. The molecule has 1 saturated carbocycles. The number of nitrogens with two attached hydrogens (primary N) is 1. The van der Waals surface area contributed by atoms with E-state index >= 15 is 0 Å². The fourth-order valence-electron chi connectivity index (χ4n) is 2.67. The summed E-state index contributed by atoms with van der Waals surface area (Å²) in [6.07, 6.45) is -0.387. The van der Waals surface area contributed by atoms with Crippen LogP contribution < -0.4 is 10.5 Å². The summed E-state index contributed by atoms with van der Waals surface area (Å²) in [4.78, 5) is 0. The van der Waals surface area contributed by atoms with Crippen molar-refractivity contribution in [3.63, 3.8) is 0 Å². The monoisotopic (exact) mass is 259 g/mol. The second-order valence-electron chi connectivity index (χ2n) is 4.76. The van der Waals surface area contributed by atoms with E-state index in [9.17, 15) is 13.2 Å². The van der Waals surface area contributed by atoms with Gasteiger partial charge in [-0.2, -0.15) is 0 Å². The highest BCUT2D eigenvalue weighted by atomic mass is 19.4. The molecule has 0 unspecified atom stereocenters. The molecular weight excluding hydrogens is 243 g/mol. The largest absolute Gasteiger partial charge is 0.573 e. The summed E-state index contributed by atoms with van der Waals surface area (Å²) >= 11 is 0. The van der Waals surface area contributed by atoms with Crippen molar-refractivity contribution < 1.29 is 17.9 Å². The average Bonchev–Trinajstić information content (AvgIpc) is 2.77. The minimum absolute atomic E-state index is 0.0588. The van der Waals surface area contributed by atoms with Gasteiger partial charge >= 0.3 is 6.36 Å². The lowest BCUT2D eigenvalue weighted by Gasteiger charge is -2.28. The third-order valence-electron chi connectivity index (χ3n) is 3.65. The number of ether oxygens (including phenoxy) is 1. The Balaban J connectivity index is 2.16. The van der Waals surface area contributed by atoms with Crippen LogP contribution in [-0.2, 0) is 5.41 Å². The average molecular weight is 259 g/mol. The summed E-state index contributed by atoms with van der Waals surface area (Å²) in [6, 6.07) is 6.11. The number of hydrogen-bond donors (Lipinski definition) is 1. The molecule has 0 amide bonds. The predicted octanol–water partition coefficient (Wildman–Crippen LogP) is 3.36. The van der Waals surface area contributed by atoms with Gasteiger partial charge in [0.05, 0.1) is 0 Å². The molecule has 5 heteroatoms. The minimum Gasteiger partial charge on any atom is -0.406 e. The molecular formula is C13H16F3NO. The Morgan fingerprint density at radius 3 is 2.11 bits per heavy atom. The van der Waals surface area contributed by atoms with Crippen LogP contribution in [0.5, 0.6) is 5.75 Å². The zero-order chi connectivity index (χ0) is 13.2. The zero-order valence-electron chi connectivity index (χ0n) is 9.96. The number of halogens is 3. The topological polar surface area (TPSA) is 35.2 Å². The lowest BCUT2D eigenvalue weighted by atomic mass is 9.79. The molecule has 0 spiro atoms. The van der Waals surface area contributed by atoms with Gasteiger partial charge in [-0.15, -0.1) is 13.2 Å². The lowest BCUT2D eigenvalue weighted by Crippen LogP contribution is -2.31. The molecule has 0 atom stereocenters. The van der Waals surface area contributed by atoms with Gasteiger partial charge < -0.3 is 10.5 Å². The first kappa shape index (κ1) is 13.2. The summed E-state index contributed by atoms with van der Waals surface area (Å²) in [5.41, 5.74) is 6.78. The van der Waals surface area contributed by atoms with E-state index in [-0.39, 0.29) is 11.2 Å². The molecule has 0 bridgehead atoms. The fourth-order valence-corrected chi connectivity index (χ4v) is 2.67. The van der Waals surface area contributed by atoms with Crippen molar-refractivity contribution in [2.75, 3.05) is 6.54 Å². The Bertz CT molecular complexity index is 394. The number of alkyl halides is 3. The van der Waals surface area contributed by atoms with E-state index in [0.717, 1.165) is 31.2 Å². The van der Waals surface area contributed by atoms with Crippen LogP contribution in [-0.4, -0.2) is 12.9 Å². The van der Waals surface area contributed by atoms with Crippen molar-refractivity contribution in [3.05, 3.63) is 29.8 Å². The molecule has 2 nitrogen and oxygen atoms in total. The summed E-state index contributed by atoms with van der Waals surface area (Å²) in [5.74, 6) is -0.184. The molecule has 0 radical (unpaired) electrons. The summed E-state index contributed by atoms with van der Waals surface area (Å²) in [7, 11) is 0. The van der Waals surface area contributed by atoms with Gasteiger partial charge in [0, 0.05) is 12.0 Å². The van der Waals surface area contributed by atoms with Gasteiger partial charge in [-0.05, 0) is 30.5 Å². The summed E-state index contributed by atoms with van der Waals surface area (Å²) < 4.78 is 40.0. The van der Waals surface area contributed by atoms with Gasteiger partial charge in [0.25, 0.3) is 0 Å². The Kier molecular flexibility index (Phi) is 3.52. The van der Waals surface area contributed by atoms with Crippen LogP contribution in [0.3, 0.4) is 0 Å². The smallest absolute Gasteiger partial charge is 0.406 e. The normalized spacial score (nSPS) is 18.9. The van der Waals surface area contributed by atoms with E-state index in [2.05, 4.69) is 4.74 Å². The van der Waals surface area contributed by atoms with E-state index in [1.165, 1.54) is 12.1 Å². The molecule has 1 aromatic rings. The first-order chi connectivity index (χ1) is 8.45. The highest BCUT2D eigenvalue weighted by molar-refractivity contribution is 5.33. The maximum atomic E-state index is 12.0. The van der Waals surface area contributed by atoms with Crippen molar-refractivity contribution in [1.29, 1.82) is 0 Å². The molecule has 2 N–H and O–H groups in total. The Labute approximate surface area is 104 Å². The van der Waals surface area contributed by atoms with Gasteiger partial charge in [0.15, 0.2) is 0 Å². The van der Waals surface area contributed by atoms with Crippen LogP contribution in [0, 0.1) is 0 Å². The first-order valence-electron chi connectivity index (χ1n) is 6.02. The van der Waals surface area contributed by atoms with Gasteiger partial charge in [0.2, 0.25) is 0 Å². The highest BCUT2D eigenvalue weighted by Gasteiger charge is 2.35. The van der Waals surface area contributed by atoms with E-state index < -0.39 is 6.36 Å². The Morgan fingerprint density at radius 2 is 1.67 bits per heavy atom. The van der Waals surface area contributed by atoms with Crippen LogP contribution in [0.4, 0.5) is 13.2 Å². The van der Waals surface area contributed by atoms with Gasteiger partial charge in [-0.25, -0.2) is 0 Å². The van der Waals surface area contributed by atoms with Gasteiger partial charge in [0.1, 0.15) is 5.75 Å². The second kappa shape index (κ2) is 4.80. The van der Waals surface area contributed by atoms with Gasteiger partial charge in [-0.3, -0.25) is 0 Å². The van der Waals surface area contributed by atoms with Crippen molar-refractivity contribution >= 4 is 0 Å². The van der Waals surface area contributed by atoms with Crippen molar-refractivity contribution in [3.8, 4) is 5.75 Å². The minimum atomic E-state index is -4.64. The first-order valence-corrected chi connectivity index (χ1v) is 6.02. The molecule has 0 saturated heterocycles. The molecule has 1 aliphatic rings. The molecule has 1 aliphatic carbocycles. The van der Waals surface area contributed by atoms with Crippen LogP contribution in [0.1, 0.15) is 31.2 Å². The molecule has 2 rings (SSSR count). The summed E-state index contributed by atoms with van der Waals surface area (Å²) in [5, 5.41) is 0. The zero-order valence-corrected chi connectivity index (χ0v) is 9.96. The van der Waals surface area contributed by atoms with E-state index in [1.807, 2.05) is 0 Å². The molecule has 1 aromatic carbocycles. The molecule has 1 fully saturated rings. The quantitative estimate of drug-likeness (QED) is 0.903. The number of benzene rings is 1. The van der Waals surface area contributed by atoms with Gasteiger partial charge in [-0.1, -0.05) is 25.0 Å². The third kappa shape index (κ3) is 2.77. The van der Waals surface area contributed by atoms with Crippen LogP contribution in [0.25, 0.3) is 0 Å². The lowest BCUT2D eigenvalue weighted by molar-refractivity contribution is -0.274. The molecule has 0 aromatic heterocycles. The molecule has 100 valence electrons. The SMILES string of the molecule is NCC1(c2ccc(OC(F)(F)F)cc2)CCCC1. The van der Waals surface area contributed by atoms with Crippen LogP contribution in [0.15, 0.2) is 24.3 Å². The maximum Gasteiger partial charge on any atom is 0.573 e. The predicted molar refractivity (Wildman–Crippen MR) is 62.3 cm³/mol.